The van der Waals surface area contributed by atoms with Gasteiger partial charge < -0.3 is 5.11 Å². The van der Waals surface area contributed by atoms with Gasteiger partial charge in [-0.1, -0.05) is 13.3 Å². The molecule has 0 amide bonds. The molecule has 1 rings (SSSR count). The van der Waals surface area contributed by atoms with Crippen LogP contribution >= 0.6 is 0 Å². The summed E-state index contributed by atoms with van der Waals surface area (Å²) in [6, 6.07) is 0. The maximum Gasteiger partial charge on any atom is 0.350 e. The number of rotatable bonds is 4. The van der Waals surface area contributed by atoms with Gasteiger partial charge in [0.2, 0.25) is 0 Å². The van der Waals surface area contributed by atoms with Gasteiger partial charge in [0.05, 0.1) is 5.60 Å². The molecule has 1 N–H and O–H groups in total. The molecular weight excluding hydrogens is 216 g/mol. The third-order valence-corrected chi connectivity index (χ3v) is 3.67. The van der Waals surface area contributed by atoms with E-state index in [-0.39, 0.29) is 13.1 Å². The zero-order chi connectivity index (χ0) is 11.0. The average molecular weight is 229 g/mol. The summed E-state index contributed by atoms with van der Waals surface area (Å²) in [4.78, 5) is 0. The average Bonchev–Trinajstić information content (AvgIpc) is 2.00. The third kappa shape index (κ3) is 2.04. The molecule has 1 aliphatic heterocycles. The number of sulfonamides is 1. The molecule has 0 saturated carbocycles. The van der Waals surface area contributed by atoms with Crippen molar-refractivity contribution in [1.29, 1.82) is 0 Å². The highest BCUT2D eigenvalue weighted by Crippen LogP contribution is 2.30. The zero-order valence-corrected chi connectivity index (χ0v) is 8.60. The molecule has 0 radical (unpaired) electrons. The van der Waals surface area contributed by atoms with Crippen LogP contribution in [0.15, 0.2) is 0 Å². The van der Waals surface area contributed by atoms with E-state index >= 15 is 0 Å². The van der Waals surface area contributed by atoms with Crippen LogP contribution < -0.4 is 0 Å². The minimum absolute atomic E-state index is 0.215. The van der Waals surface area contributed by atoms with E-state index in [4.69, 9.17) is 0 Å². The van der Waals surface area contributed by atoms with E-state index in [1.807, 2.05) is 6.92 Å². The van der Waals surface area contributed by atoms with Crippen molar-refractivity contribution in [1.82, 2.24) is 4.31 Å². The van der Waals surface area contributed by atoms with Crippen LogP contribution in [0.4, 0.5) is 8.78 Å². The van der Waals surface area contributed by atoms with E-state index in [2.05, 4.69) is 0 Å². The van der Waals surface area contributed by atoms with Gasteiger partial charge >= 0.3 is 5.76 Å². The molecule has 0 aromatic rings. The minimum Gasteiger partial charge on any atom is -0.387 e. The maximum absolute atomic E-state index is 12.0. The normalized spacial score (nSPS) is 22.4. The maximum atomic E-state index is 12.0. The first kappa shape index (κ1) is 11.8. The van der Waals surface area contributed by atoms with Crippen LogP contribution in [-0.2, 0) is 10.0 Å². The van der Waals surface area contributed by atoms with Gasteiger partial charge in [-0.25, -0.2) is 8.42 Å². The molecule has 0 spiro atoms. The van der Waals surface area contributed by atoms with Crippen molar-refractivity contribution in [3.63, 3.8) is 0 Å². The molecule has 1 aliphatic rings. The molecule has 1 saturated heterocycles. The Bertz CT molecular complexity index is 298. The lowest BCUT2D eigenvalue weighted by Gasteiger charge is -2.45. The van der Waals surface area contributed by atoms with Crippen LogP contribution in [0.1, 0.15) is 19.8 Å². The Balaban J connectivity index is 2.57. The summed E-state index contributed by atoms with van der Waals surface area (Å²) in [6.45, 7) is 1.41. The number of alkyl halides is 2. The zero-order valence-electron chi connectivity index (χ0n) is 7.78. The largest absolute Gasteiger partial charge is 0.387 e. The molecule has 0 unspecified atom stereocenters. The molecule has 0 aromatic carbocycles. The first-order chi connectivity index (χ1) is 6.32. The summed E-state index contributed by atoms with van der Waals surface area (Å²) in [5.74, 6) is -3.39. The Morgan fingerprint density at radius 3 is 2.36 bits per heavy atom. The Kier molecular flexibility index (Phi) is 3.13. The lowest BCUT2D eigenvalue weighted by Crippen LogP contribution is -2.64. The molecule has 0 bridgehead atoms. The van der Waals surface area contributed by atoms with Crippen molar-refractivity contribution in [3.8, 4) is 0 Å². The minimum atomic E-state index is -4.49. The summed E-state index contributed by atoms with van der Waals surface area (Å²) in [6.07, 6.45) is 1.13. The van der Waals surface area contributed by atoms with Gasteiger partial charge in [-0.05, 0) is 6.42 Å². The van der Waals surface area contributed by atoms with Gasteiger partial charge in [0.15, 0.2) is 0 Å². The molecule has 14 heavy (non-hydrogen) atoms. The lowest BCUT2D eigenvalue weighted by atomic mass is 9.92. The van der Waals surface area contributed by atoms with E-state index < -0.39 is 21.4 Å². The summed E-state index contributed by atoms with van der Waals surface area (Å²) < 4.78 is 46.4. The molecule has 0 atom stereocenters. The standard InChI is InChI=1S/C7H13F2NO3S/c1-2-3-7(11)4-10(5-7)14(12,13)6(8)9/h6,11H,2-5H2,1H3. The Morgan fingerprint density at radius 1 is 1.50 bits per heavy atom. The van der Waals surface area contributed by atoms with Crippen molar-refractivity contribution in [3.05, 3.63) is 0 Å². The van der Waals surface area contributed by atoms with Crippen molar-refractivity contribution < 1.29 is 22.3 Å². The van der Waals surface area contributed by atoms with E-state index in [1.165, 1.54) is 0 Å². The van der Waals surface area contributed by atoms with Crippen molar-refractivity contribution in [2.24, 2.45) is 0 Å². The van der Waals surface area contributed by atoms with Crippen LogP contribution in [0.3, 0.4) is 0 Å². The number of nitrogens with zero attached hydrogens (tertiary/aromatic N) is 1. The number of β-amino-alcohol motifs (C(OH)–C–C–N with tert-alkyl or cyclic N) is 1. The van der Waals surface area contributed by atoms with Gasteiger partial charge in [-0.15, -0.1) is 0 Å². The molecule has 1 heterocycles. The monoisotopic (exact) mass is 229 g/mol. The van der Waals surface area contributed by atoms with Gasteiger partial charge in [-0.2, -0.15) is 13.1 Å². The molecule has 0 aromatic heterocycles. The summed E-state index contributed by atoms with van der Waals surface area (Å²) >= 11 is 0. The molecular formula is C7H13F2NO3S. The van der Waals surface area contributed by atoms with Crippen LogP contribution in [0, 0.1) is 0 Å². The van der Waals surface area contributed by atoms with E-state index in [9.17, 15) is 22.3 Å². The molecule has 84 valence electrons. The Labute approximate surface area is 81.6 Å². The second-order valence-corrected chi connectivity index (χ2v) is 5.45. The van der Waals surface area contributed by atoms with E-state index in [0.717, 1.165) is 0 Å². The fourth-order valence-electron chi connectivity index (χ4n) is 1.53. The number of hydrogen-bond donors (Lipinski definition) is 1. The topological polar surface area (TPSA) is 57.6 Å². The SMILES string of the molecule is CCCC1(O)CN(S(=O)(=O)C(F)F)C1. The van der Waals surface area contributed by atoms with Crippen molar-refractivity contribution in [2.45, 2.75) is 31.1 Å². The van der Waals surface area contributed by atoms with Crippen LogP contribution in [0.25, 0.3) is 0 Å². The summed E-state index contributed by atoms with van der Waals surface area (Å²) in [7, 11) is -4.49. The van der Waals surface area contributed by atoms with Crippen LogP contribution in [0.2, 0.25) is 0 Å². The summed E-state index contributed by atoms with van der Waals surface area (Å²) in [5, 5.41) is 9.57. The fraction of sp³-hybridized carbons (Fsp3) is 1.00. The second kappa shape index (κ2) is 3.71. The van der Waals surface area contributed by atoms with Gasteiger partial charge in [-0.3, -0.25) is 0 Å². The van der Waals surface area contributed by atoms with Crippen molar-refractivity contribution in [2.75, 3.05) is 13.1 Å². The number of aliphatic hydroxyl groups is 1. The predicted octanol–water partition coefficient (Wildman–Crippen LogP) is 0.386. The third-order valence-electron chi connectivity index (χ3n) is 2.24. The molecule has 0 aliphatic carbocycles. The first-order valence-electron chi connectivity index (χ1n) is 4.31. The number of halogens is 2. The molecule has 4 nitrogen and oxygen atoms in total. The summed E-state index contributed by atoms with van der Waals surface area (Å²) in [5.41, 5.74) is -1.10. The van der Waals surface area contributed by atoms with Gasteiger partial charge in [0.1, 0.15) is 0 Å². The quantitative estimate of drug-likeness (QED) is 0.758. The smallest absolute Gasteiger partial charge is 0.350 e. The van der Waals surface area contributed by atoms with Crippen LogP contribution in [-0.4, -0.2) is 42.3 Å². The highest BCUT2D eigenvalue weighted by atomic mass is 32.2. The van der Waals surface area contributed by atoms with Gasteiger partial charge in [0.25, 0.3) is 10.0 Å². The second-order valence-electron chi connectivity index (χ2n) is 3.55. The van der Waals surface area contributed by atoms with E-state index in [0.29, 0.717) is 17.1 Å². The number of hydrogen-bond acceptors (Lipinski definition) is 3. The first-order valence-corrected chi connectivity index (χ1v) is 5.82. The highest BCUT2D eigenvalue weighted by molar-refractivity contribution is 7.89. The Morgan fingerprint density at radius 2 is 2.00 bits per heavy atom. The lowest BCUT2D eigenvalue weighted by molar-refractivity contribution is -0.0672. The van der Waals surface area contributed by atoms with E-state index in [1.54, 1.807) is 0 Å². The molecule has 1 fully saturated rings. The predicted molar refractivity (Wildman–Crippen MR) is 46.4 cm³/mol. The highest BCUT2D eigenvalue weighted by Gasteiger charge is 2.48. The molecule has 7 heteroatoms. The van der Waals surface area contributed by atoms with Gasteiger partial charge in [0, 0.05) is 13.1 Å². The fourth-order valence-corrected chi connectivity index (χ4v) is 2.59. The van der Waals surface area contributed by atoms with Crippen molar-refractivity contribution >= 4 is 10.0 Å². The van der Waals surface area contributed by atoms with Crippen LogP contribution in [0.5, 0.6) is 0 Å². The Hall–Kier alpha value is -0.270.